The second-order valence-electron chi connectivity index (χ2n) is 4.87. The Bertz CT molecular complexity index is 295. The normalized spacial score (nSPS) is 32.3. The minimum Gasteiger partial charge on any atom is -0.479 e. The fraction of sp³-hybridized carbons (Fsp3) is 0.833. The van der Waals surface area contributed by atoms with Crippen LogP contribution in [0.5, 0.6) is 0 Å². The van der Waals surface area contributed by atoms with Crippen LogP contribution >= 0.6 is 0 Å². The van der Waals surface area contributed by atoms with Gasteiger partial charge in [-0.15, -0.1) is 0 Å². The third-order valence-electron chi connectivity index (χ3n) is 3.49. The van der Waals surface area contributed by atoms with Gasteiger partial charge in [-0.1, -0.05) is 6.42 Å². The second-order valence-corrected chi connectivity index (χ2v) is 4.87. The predicted molar refractivity (Wildman–Crippen MR) is 58.5 cm³/mol. The van der Waals surface area contributed by atoms with Crippen molar-refractivity contribution in [1.82, 2.24) is 0 Å². The Hall–Kier alpha value is -0.940. The first-order valence-electron chi connectivity index (χ1n) is 6.11. The van der Waals surface area contributed by atoms with Gasteiger partial charge in [0.2, 0.25) is 0 Å². The first-order valence-corrected chi connectivity index (χ1v) is 6.11. The number of carboxylic acids is 1. The van der Waals surface area contributed by atoms with Crippen molar-refractivity contribution < 1.29 is 24.2 Å². The van der Waals surface area contributed by atoms with Gasteiger partial charge in [-0.25, -0.2) is 4.79 Å². The van der Waals surface area contributed by atoms with Crippen LogP contribution in [0, 0.1) is 0 Å². The van der Waals surface area contributed by atoms with Gasteiger partial charge in [0.15, 0.2) is 17.7 Å². The Labute approximate surface area is 100 Å². The summed E-state index contributed by atoms with van der Waals surface area (Å²) in [6, 6.07) is 0. The summed E-state index contributed by atoms with van der Waals surface area (Å²) in [6.45, 7) is 1.44. The minimum atomic E-state index is -1.01. The molecule has 0 amide bonds. The number of aliphatic carboxylic acids is 1. The zero-order valence-electron chi connectivity index (χ0n) is 9.98. The van der Waals surface area contributed by atoms with E-state index in [4.69, 9.17) is 14.6 Å². The molecule has 2 atom stereocenters. The van der Waals surface area contributed by atoms with Gasteiger partial charge in [-0.2, -0.15) is 0 Å². The largest absolute Gasteiger partial charge is 0.479 e. The van der Waals surface area contributed by atoms with E-state index in [2.05, 4.69) is 0 Å². The zero-order chi connectivity index (χ0) is 12.5. The lowest BCUT2D eigenvalue weighted by atomic mass is 9.91. The number of ketones is 1. The second kappa shape index (κ2) is 4.74. The molecule has 0 aromatic rings. The van der Waals surface area contributed by atoms with Gasteiger partial charge >= 0.3 is 5.97 Å². The van der Waals surface area contributed by atoms with Gasteiger partial charge in [0.1, 0.15) is 6.10 Å². The smallest absolute Gasteiger partial charge is 0.333 e. The van der Waals surface area contributed by atoms with E-state index in [-0.39, 0.29) is 12.2 Å². The van der Waals surface area contributed by atoms with Crippen LogP contribution in [-0.4, -0.2) is 34.9 Å². The quantitative estimate of drug-likeness (QED) is 0.794. The van der Waals surface area contributed by atoms with Gasteiger partial charge < -0.3 is 14.6 Å². The Balaban J connectivity index is 2.15. The number of carboxylic acid groups (broad SMARTS) is 1. The van der Waals surface area contributed by atoms with Gasteiger partial charge in [-0.05, 0) is 19.8 Å². The maximum Gasteiger partial charge on any atom is 0.333 e. The molecular weight excluding hydrogens is 224 g/mol. The van der Waals surface area contributed by atoms with Crippen molar-refractivity contribution in [3.05, 3.63) is 0 Å². The lowest BCUT2D eigenvalue weighted by Crippen LogP contribution is -2.53. The molecule has 1 saturated carbocycles. The molecule has 0 bridgehead atoms. The monoisotopic (exact) mass is 242 g/mol. The lowest BCUT2D eigenvalue weighted by molar-refractivity contribution is -0.318. The third-order valence-corrected chi connectivity index (χ3v) is 3.49. The molecule has 1 heterocycles. The Morgan fingerprint density at radius 2 is 1.71 bits per heavy atom. The highest BCUT2D eigenvalue weighted by Crippen LogP contribution is 2.39. The lowest BCUT2D eigenvalue weighted by Gasteiger charge is -2.44. The maximum absolute atomic E-state index is 11.4. The molecule has 1 N–H and O–H groups in total. The van der Waals surface area contributed by atoms with Crippen LogP contribution in [-0.2, 0) is 19.1 Å². The van der Waals surface area contributed by atoms with E-state index in [1.54, 1.807) is 0 Å². The molecule has 1 aliphatic heterocycles. The summed E-state index contributed by atoms with van der Waals surface area (Å²) >= 11 is 0. The van der Waals surface area contributed by atoms with Crippen molar-refractivity contribution >= 4 is 11.8 Å². The first-order chi connectivity index (χ1) is 8.02. The van der Waals surface area contributed by atoms with Crippen molar-refractivity contribution in [2.75, 3.05) is 0 Å². The van der Waals surface area contributed by atoms with Crippen molar-refractivity contribution in [3.63, 3.8) is 0 Å². The van der Waals surface area contributed by atoms with Crippen molar-refractivity contribution in [3.8, 4) is 0 Å². The van der Waals surface area contributed by atoms with E-state index in [1.807, 2.05) is 0 Å². The fourth-order valence-corrected chi connectivity index (χ4v) is 2.56. The molecule has 5 nitrogen and oxygen atoms in total. The average molecular weight is 242 g/mol. The molecule has 0 aromatic heterocycles. The van der Waals surface area contributed by atoms with Crippen LogP contribution in [0.15, 0.2) is 0 Å². The van der Waals surface area contributed by atoms with Crippen LogP contribution in [0.3, 0.4) is 0 Å². The van der Waals surface area contributed by atoms with E-state index in [0.717, 1.165) is 19.3 Å². The summed E-state index contributed by atoms with van der Waals surface area (Å²) in [4.78, 5) is 22.5. The van der Waals surface area contributed by atoms with Crippen LogP contribution in [0.4, 0.5) is 0 Å². The van der Waals surface area contributed by atoms with Gasteiger partial charge in [0, 0.05) is 19.3 Å². The van der Waals surface area contributed by atoms with Crippen molar-refractivity contribution in [1.29, 1.82) is 0 Å². The summed E-state index contributed by atoms with van der Waals surface area (Å²) in [5.41, 5.74) is 0. The van der Waals surface area contributed by atoms with Crippen LogP contribution in [0.2, 0.25) is 0 Å². The molecule has 2 aliphatic rings. The van der Waals surface area contributed by atoms with Crippen LogP contribution in [0.25, 0.3) is 0 Å². The average Bonchev–Trinajstić information content (AvgIpc) is 2.29. The molecule has 2 fully saturated rings. The third kappa shape index (κ3) is 2.66. The highest BCUT2D eigenvalue weighted by atomic mass is 16.7. The molecule has 17 heavy (non-hydrogen) atoms. The molecule has 5 heteroatoms. The number of hydrogen-bond acceptors (Lipinski definition) is 4. The number of carbonyl (C=O) groups excluding carboxylic acids is 1. The zero-order valence-corrected chi connectivity index (χ0v) is 9.98. The summed E-state index contributed by atoms with van der Waals surface area (Å²) in [5.74, 6) is -1.97. The van der Waals surface area contributed by atoms with E-state index in [9.17, 15) is 9.59 Å². The summed E-state index contributed by atoms with van der Waals surface area (Å²) < 4.78 is 11.3. The minimum absolute atomic E-state index is 0.117. The predicted octanol–water partition coefficient (Wildman–Crippen LogP) is 1.49. The van der Waals surface area contributed by atoms with Gasteiger partial charge in [0.05, 0.1) is 0 Å². The number of ether oxygens (including phenoxy) is 2. The summed E-state index contributed by atoms with van der Waals surface area (Å²) in [7, 11) is 0. The number of rotatable bonds is 2. The summed E-state index contributed by atoms with van der Waals surface area (Å²) in [5, 5.41) is 9.06. The molecular formula is C12H18O5. The topological polar surface area (TPSA) is 72.8 Å². The highest BCUT2D eigenvalue weighted by molar-refractivity contribution is 5.82. The van der Waals surface area contributed by atoms with Crippen LogP contribution in [0.1, 0.15) is 45.4 Å². The molecule has 2 unspecified atom stereocenters. The summed E-state index contributed by atoms with van der Waals surface area (Å²) in [6.07, 6.45) is 2.94. The Kier molecular flexibility index (Phi) is 3.49. The van der Waals surface area contributed by atoms with Crippen molar-refractivity contribution in [2.45, 2.75) is 63.4 Å². The SMILES string of the molecule is CC(=O)C1CC(C(=O)O)OC2(CCCCC2)O1. The van der Waals surface area contributed by atoms with E-state index < -0.39 is 24.0 Å². The van der Waals surface area contributed by atoms with Gasteiger partial charge in [0.25, 0.3) is 0 Å². The molecule has 96 valence electrons. The molecule has 1 aliphatic carbocycles. The van der Waals surface area contributed by atoms with Crippen molar-refractivity contribution in [2.24, 2.45) is 0 Å². The van der Waals surface area contributed by atoms with E-state index in [0.29, 0.717) is 12.8 Å². The molecule has 2 rings (SSSR count). The molecule has 0 aromatic carbocycles. The van der Waals surface area contributed by atoms with E-state index >= 15 is 0 Å². The standard InChI is InChI=1S/C12H18O5/c1-8(13)9-7-10(11(14)15)17-12(16-9)5-3-2-4-6-12/h9-10H,2-7H2,1H3,(H,14,15). The first kappa shape index (κ1) is 12.5. The molecule has 1 saturated heterocycles. The maximum atomic E-state index is 11.4. The Morgan fingerprint density at radius 3 is 2.24 bits per heavy atom. The van der Waals surface area contributed by atoms with Gasteiger partial charge in [-0.3, -0.25) is 4.79 Å². The molecule has 0 radical (unpaired) electrons. The fourth-order valence-electron chi connectivity index (χ4n) is 2.56. The highest BCUT2D eigenvalue weighted by Gasteiger charge is 2.46. The number of Topliss-reactive ketones (excluding diaryl/α,β-unsaturated/α-hetero) is 1. The van der Waals surface area contributed by atoms with E-state index in [1.165, 1.54) is 6.92 Å². The Morgan fingerprint density at radius 1 is 1.12 bits per heavy atom. The number of carbonyl (C=O) groups is 2. The van der Waals surface area contributed by atoms with Crippen LogP contribution < -0.4 is 0 Å². The number of hydrogen-bond donors (Lipinski definition) is 1. The molecule has 1 spiro atoms.